The van der Waals surface area contributed by atoms with Gasteiger partial charge in [-0.1, -0.05) is 6.07 Å². The molecule has 0 spiro atoms. The minimum atomic E-state index is -1.32. The van der Waals surface area contributed by atoms with E-state index in [1.54, 1.807) is 24.3 Å². The van der Waals surface area contributed by atoms with Crippen LogP contribution in [0.4, 0.5) is 0 Å². The van der Waals surface area contributed by atoms with Gasteiger partial charge < -0.3 is 29.5 Å². The fourth-order valence-electron chi connectivity index (χ4n) is 3.12. The molecule has 1 aliphatic rings. The number of esters is 1. The number of phenols is 1. The number of rotatable bonds is 4. The van der Waals surface area contributed by atoms with E-state index in [0.29, 0.717) is 11.1 Å². The Morgan fingerprint density at radius 3 is 2.64 bits per heavy atom. The van der Waals surface area contributed by atoms with E-state index in [0.717, 1.165) is 5.56 Å². The number of benzene rings is 2. The number of hydrogen-bond donors (Lipinski definition) is 3. The largest absolute Gasteiger partial charge is 0.504 e. The Morgan fingerprint density at radius 1 is 1.29 bits per heavy atom. The molecule has 7 heteroatoms. The molecule has 0 amide bonds. The highest BCUT2D eigenvalue weighted by Gasteiger charge is 2.31. The summed E-state index contributed by atoms with van der Waals surface area (Å²) in [5.41, 5.74) is 0.621. The molecule has 1 atom stereocenters. The molecule has 0 aromatic heterocycles. The Labute approximate surface area is 163 Å². The summed E-state index contributed by atoms with van der Waals surface area (Å²) in [4.78, 5) is 12.7. The molecule has 1 heterocycles. The first-order valence-electron chi connectivity index (χ1n) is 8.89. The summed E-state index contributed by atoms with van der Waals surface area (Å²) in [6.45, 7) is 4.74. The molecular formula is C21H24O7. The number of aliphatic hydroxyl groups excluding tert-OH is 1. The lowest BCUT2D eigenvalue weighted by atomic mass is 9.93. The van der Waals surface area contributed by atoms with E-state index in [1.807, 2.05) is 6.92 Å². The summed E-state index contributed by atoms with van der Waals surface area (Å²) in [6, 6.07) is 6.54. The van der Waals surface area contributed by atoms with E-state index < -0.39 is 17.7 Å². The second kappa shape index (κ2) is 7.33. The molecule has 0 saturated carbocycles. The maximum Gasteiger partial charge on any atom is 0.346 e. The minimum Gasteiger partial charge on any atom is -0.504 e. The van der Waals surface area contributed by atoms with Gasteiger partial charge in [0.25, 0.3) is 0 Å². The molecule has 150 valence electrons. The number of methoxy groups -OCH3 is 1. The average molecular weight is 388 g/mol. The molecule has 1 aliphatic heterocycles. The molecule has 0 fully saturated rings. The van der Waals surface area contributed by atoms with Crippen LogP contribution in [0.5, 0.6) is 23.0 Å². The number of carbonyl (C=O) groups is 1. The standard InChI is InChI=1S/C21H24O7/c1-11-7-13-10-27-20(24)17-15(28-18(13)14(22)8-11)6-5-12(19(17)26-4)9-16(23)21(2,3)25/h5-8,16,22-23,25H,9-10H2,1-4H3/t16-/m0/s1. The first kappa shape index (κ1) is 20.0. The van der Waals surface area contributed by atoms with Crippen LogP contribution in [0.15, 0.2) is 24.3 Å². The first-order chi connectivity index (χ1) is 13.1. The Balaban J connectivity index is 2.10. The molecule has 0 saturated heterocycles. The van der Waals surface area contributed by atoms with Gasteiger partial charge in [0.2, 0.25) is 0 Å². The molecule has 0 radical (unpaired) electrons. The Kier molecular flexibility index (Phi) is 5.23. The fourth-order valence-corrected chi connectivity index (χ4v) is 3.12. The number of aliphatic hydroxyl groups is 2. The van der Waals surface area contributed by atoms with Gasteiger partial charge in [-0.3, -0.25) is 0 Å². The van der Waals surface area contributed by atoms with E-state index in [9.17, 15) is 20.1 Å². The van der Waals surface area contributed by atoms with Gasteiger partial charge in [0, 0.05) is 12.0 Å². The Bertz CT molecular complexity index is 912. The van der Waals surface area contributed by atoms with Crippen molar-refractivity contribution >= 4 is 5.97 Å². The summed E-state index contributed by atoms with van der Waals surface area (Å²) in [7, 11) is 1.40. The minimum absolute atomic E-state index is 0.0561. The van der Waals surface area contributed by atoms with Crippen LogP contribution in [0.3, 0.4) is 0 Å². The van der Waals surface area contributed by atoms with Crippen molar-refractivity contribution in [3.63, 3.8) is 0 Å². The van der Waals surface area contributed by atoms with Crippen molar-refractivity contribution in [2.24, 2.45) is 0 Å². The fraction of sp³-hybridized carbons (Fsp3) is 0.381. The lowest BCUT2D eigenvalue weighted by molar-refractivity contribution is -0.0471. The average Bonchev–Trinajstić information content (AvgIpc) is 2.60. The number of ether oxygens (including phenoxy) is 3. The van der Waals surface area contributed by atoms with Gasteiger partial charge in [-0.15, -0.1) is 0 Å². The highest BCUT2D eigenvalue weighted by atomic mass is 16.5. The number of cyclic esters (lactones) is 1. The van der Waals surface area contributed by atoms with Crippen molar-refractivity contribution in [1.29, 1.82) is 0 Å². The lowest BCUT2D eigenvalue weighted by Crippen LogP contribution is -2.37. The van der Waals surface area contributed by atoms with Crippen molar-refractivity contribution in [3.8, 4) is 23.0 Å². The number of phenolic OH excluding ortho intramolecular Hbond substituents is 1. The summed E-state index contributed by atoms with van der Waals surface area (Å²) >= 11 is 0. The Hall–Kier alpha value is -2.77. The second-order valence-corrected chi connectivity index (χ2v) is 7.46. The summed E-state index contributed by atoms with van der Waals surface area (Å²) in [6.07, 6.45) is -1.01. The number of aromatic hydroxyl groups is 1. The molecule has 2 aromatic rings. The normalized spacial score (nSPS) is 14.7. The van der Waals surface area contributed by atoms with Crippen LogP contribution in [-0.4, -0.2) is 40.1 Å². The van der Waals surface area contributed by atoms with Gasteiger partial charge in [0.1, 0.15) is 23.7 Å². The third-order valence-electron chi connectivity index (χ3n) is 4.70. The van der Waals surface area contributed by atoms with E-state index in [1.165, 1.54) is 21.0 Å². The van der Waals surface area contributed by atoms with Crippen molar-refractivity contribution in [2.75, 3.05) is 7.11 Å². The van der Waals surface area contributed by atoms with Crippen LogP contribution in [0, 0.1) is 6.92 Å². The topological polar surface area (TPSA) is 105 Å². The lowest BCUT2D eigenvalue weighted by Gasteiger charge is -2.26. The highest BCUT2D eigenvalue weighted by molar-refractivity contribution is 5.96. The number of hydrogen-bond acceptors (Lipinski definition) is 7. The third-order valence-corrected chi connectivity index (χ3v) is 4.70. The summed E-state index contributed by atoms with van der Waals surface area (Å²) < 4.78 is 16.7. The maximum absolute atomic E-state index is 12.7. The monoisotopic (exact) mass is 388 g/mol. The summed E-state index contributed by atoms with van der Waals surface area (Å²) in [5.74, 6) is -0.118. The molecule has 0 unspecified atom stereocenters. The predicted octanol–water partition coefficient (Wildman–Crippen LogP) is 2.85. The van der Waals surface area contributed by atoms with E-state index in [4.69, 9.17) is 14.2 Å². The van der Waals surface area contributed by atoms with Crippen LogP contribution < -0.4 is 9.47 Å². The molecule has 3 rings (SSSR count). The van der Waals surface area contributed by atoms with Gasteiger partial charge in [-0.2, -0.15) is 0 Å². The highest BCUT2D eigenvalue weighted by Crippen LogP contribution is 2.42. The zero-order chi connectivity index (χ0) is 20.6. The molecule has 0 aliphatic carbocycles. The summed E-state index contributed by atoms with van der Waals surface area (Å²) in [5, 5.41) is 30.5. The second-order valence-electron chi connectivity index (χ2n) is 7.46. The van der Waals surface area contributed by atoms with Crippen LogP contribution in [0.1, 0.15) is 40.9 Å². The SMILES string of the molecule is COc1c(C[C@H](O)C(C)(C)O)ccc2c1C(=O)OCc1cc(C)cc(O)c1O2. The number of fused-ring (bicyclic) bond motifs is 2. The van der Waals surface area contributed by atoms with Gasteiger partial charge in [0.05, 0.1) is 18.8 Å². The van der Waals surface area contributed by atoms with Gasteiger partial charge in [-0.25, -0.2) is 4.79 Å². The smallest absolute Gasteiger partial charge is 0.346 e. The molecule has 2 aromatic carbocycles. The van der Waals surface area contributed by atoms with Gasteiger partial charge >= 0.3 is 5.97 Å². The third kappa shape index (κ3) is 3.76. The molecule has 0 bridgehead atoms. The number of aryl methyl sites for hydroxylation is 1. The van der Waals surface area contributed by atoms with Crippen molar-refractivity contribution in [2.45, 2.75) is 45.5 Å². The molecule has 28 heavy (non-hydrogen) atoms. The zero-order valence-corrected chi connectivity index (χ0v) is 16.3. The van der Waals surface area contributed by atoms with E-state index >= 15 is 0 Å². The van der Waals surface area contributed by atoms with Crippen LogP contribution in [0.2, 0.25) is 0 Å². The van der Waals surface area contributed by atoms with E-state index in [2.05, 4.69) is 0 Å². The van der Waals surface area contributed by atoms with Crippen molar-refractivity contribution in [3.05, 3.63) is 46.5 Å². The van der Waals surface area contributed by atoms with Gasteiger partial charge in [0.15, 0.2) is 11.5 Å². The van der Waals surface area contributed by atoms with Crippen molar-refractivity contribution < 1.29 is 34.3 Å². The molecule has 3 N–H and O–H groups in total. The number of carbonyl (C=O) groups excluding carboxylic acids is 1. The zero-order valence-electron chi connectivity index (χ0n) is 16.3. The van der Waals surface area contributed by atoms with E-state index in [-0.39, 0.29) is 41.6 Å². The van der Waals surface area contributed by atoms with Crippen LogP contribution in [-0.2, 0) is 17.8 Å². The van der Waals surface area contributed by atoms with Gasteiger partial charge in [-0.05, 0) is 50.1 Å². The predicted molar refractivity (Wildman–Crippen MR) is 101 cm³/mol. The molecule has 7 nitrogen and oxygen atoms in total. The Morgan fingerprint density at radius 2 is 2.00 bits per heavy atom. The quantitative estimate of drug-likeness (QED) is 0.692. The maximum atomic E-state index is 12.7. The van der Waals surface area contributed by atoms with Crippen LogP contribution >= 0.6 is 0 Å². The van der Waals surface area contributed by atoms with Crippen molar-refractivity contribution in [1.82, 2.24) is 0 Å². The first-order valence-corrected chi connectivity index (χ1v) is 8.89. The molecular weight excluding hydrogens is 364 g/mol. The van der Waals surface area contributed by atoms with Crippen LogP contribution in [0.25, 0.3) is 0 Å².